The Morgan fingerprint density at radius 2 is 1.77 bits per heavy atom. The number of carbonyl (C=O) groups is 2. The van der Waals surface area contributed by atoms with Gasteiger partial charge in [0.15, 0.2) is 0 Å². The molecule has 2 amide bonds. The van der Waals surface area contributed by atoms with E-state index in [0.29, 0.717) is 25.9 Å². The highest BCUT2D eigenvalue weighted by Crippen LogP contribution is 2.26. The predicted molar refractivity (Wildman–Crippen MR) is 100.0 cm³/mol. The minimum atomic E-state index is -0.461. The van der Waals surface area contributed by atoms with Gasteiger partial charge in [-0.15, -0.1) is 0 Å². The molecule has 5 heteroatoms. The van der Waals surface area contributed by atoms with Crippen molar-refractivity contribution in [3.8, 4) is 11.1 Å². The van der Waals surface area contributed by atoms with E-state index >= 15 is 0 Å². The van der Waals surface area contributed by atoms with Crippen LogP contribution >= 0.6 is 0 Å². The van der Waals surface area contributed by atoms with E-state index in [2.05, 4.69) is 11.9 Å². The number of benzene rings is 2. The van der Waals surface area contributed by atoms with Gasteiger partial charge in [0.1, 0.15) is 5.82 Å². The molecule has 4 nitrogen and oxygen atoms in total. The molecule has 1 aliphatic heterocycles. The number of nitrogens with one attached hydrogen (secondary N) is 1. The summed E-state index contributed by atoms with van der Waals surface area (Å²) in [5, 5.41) is 2.71. The van der Waals surface area contributed by atoms with Crippen molar-refractivity contribution in [2.24, 2.45) is 5.92 Å². The molecule has 1 saturated heterocycles. The fraction of sp³-hybridized carbons (Fsp3) is 0.238. The molecule has 1 N–H and O–H groups in total. The van der Waals surface area contributed by atoms with E-state index in [1.165, 1.54) is 12.1 Å². The zero-order chi connectivity index (χ0) is 18.5. The van der Waals surface area contributed by atoms with Crippen LogP contribution in [0.15, 0.2) is 61.2 Å². The van der Waals surface area contributed by atoms with Gasteiger partial charge in [-0.25, -0.2) is 4.39 Å². The van der Waals surface area contributed by atoms with Gasteiger partial charge in [0.05, 0.1) is 5.69 Å². The zero-order valence-electron chi connectivity index (χ0n) is 14.5. The zero-order valence-corrected chi connectivity index (χ0v) is 14.5. The van der Waals surface area contributed by atoms with Crippen LogP contribution in [0.1, 0.15) is 12.8 Å². The second kappa shape index (κ2) is 7.95. The van der Waals surface area contributed by atoms with Gasteiger partial charge < -0.3 is 10.2 Å². The van der Waals surface area contributed by atoms with Crippen molar-refractivity contribution >= 4 is 17.5 Å². The second-order valence-electron chi connectivity index (χ2n) is 6.35. The molecule has 1 fully saturated rings. The minimum Gasteiger partial charge on any atom is -0.339 e. The fourth-order valence-electron chi connectivity index (χ4n) is 3.16. The SMILES string of the molecule is C=CC(=O)N1CCC(C(=O)Nc2cc(-c3ccccc3)ccc2F)CC1. The first-order valence-corrected chi connectivity index (χ1v) is 8.65. The molecular weight excluding hydrogens is 331 g/mol. The number of rotatable bonds is 4. The van der Waals surface area contributed by atoms with Gasteiger partial charge in [-0.1, -0.05) is 43.0 Å². The van der Waals surface area contributed by atoms with E-state index in [-0.39, 0.29) is 23.4 Å². The number of hydrogen-bond acceptors (Lipinski definition) is 2. The van der Waals surface area contributed by atoms with Crippen LogP contribution in [0.4, 0.5) is 10.1 Å². The molecule has 0 bridgehead atoms. The minimum absolute atomic E-state index is 0.120. The number of halogens is 1. The Morgan fingerprint density at radius 1 is 1.08 bits per heavy atom. The summed E-state index contributed by atoms with van der Waals surface area (Å²) < 4.78 is 14.1. The fourth-order valence-corrected chi connectivity index (χ4v) is 3.16. The van der Waals surface area contributed by atoms with Crippen molar-refractivity contribution in [2.45, 2.75) is 12.8 Å². The molecule has 0 saturated carbocycles. The van der Waals surface area contributed by atoms with Crippen LogP contribution in [0.2, 0.25) is 0 Å². The predicted octanol–water partition coefficient (Wildman–Crippen LogP) is 3.86. The number of piperidine rings is 1. The summed E-state index contributed by atoms with van der Waals surface area (Å²) in [6, 6.07) is 14.3. The number of hydrogen-bond donors (Lipinski definition) is 1. The van der Waals surface area contributed by atoms with E-state index < -0.39 is 5.82 Å². The van der Waals surface area contributed by atoms with Crippen molar-refractivity contribution in [3.05, 3.63) is 67.0 Å². The van der Waals surface area contributed by atoms with Gasteiger partial charge in [-0.3, -0.25) is 9.59 Å². The Morgan fingerprint density at radius 3 is 2.42 bits per heavy atom. The average molecular weight is 352 g/mol. The van der Waals surface area contributed by atoms with Crippen LogP contribution in [0, 0.1) is 11.7 Å². The standard InChI is InChI=1S/C21H21FN2O2/c1-2-20(25)24-12-10-16(11-13-24)21(26)23-19-14-17(8-9-18(19)22)15-6-4-3-5-7-15/h2-9,14,16H,1,10-13H2,(H,23,26). The Labute approximate surface area is 152 Å². The average Bonchev–Trinajstić information content (AvgIpc) is 2.69. The lowest BCUT2D eigenvalue weighted by atomic mass is 9.95. The molecule has 3 rings (SSSR count). The Bertz CT molecular complexity index is 812. The summed E-state index contributed by atoms with van der Waals surface area (Å²) in [6.07, 6.45) is 2.40. The molecule has 134 valence electrons. The first-order valence-electron chi connectivity index (χ1n) is 8.65. The first kappa shape index (κ1) is 17.9. The van der Waals surface area contributed by atoms with Crippen LogP contribution in [0.5, 0.6) is 0 Å². The molecule has 0 atom stereocenters. The van der Waals surface area contributed by atoms with Crippen molar-refractivity contribution in [1.29, 1.82) is 0 Å². The van der Waals surface area contributed by atoms with Gasteiger partial charge in [0.2, 0.25) is 11.8 Å². The van der Waals surface area contributed by atoms with E-state index in [4.69, 9.17) is 0 Å². The summed E-state index contributed by atoms with van der Waals surface area (Å²) in [5.41, 5.74) is 1.98. The number of anilines is 1. The molecule has 1 aliphatic rings. The number of nitrogens with zero attached hydrogens (tertiary/aromatic N) is 1. The summed E-state index contributed by atoms with van der Waals surface area (Å²) in [6.45, 7) is 4.50. The smallest absolute Gasteiger partial charge is 0.245 e. The third-order valence-electron chi connectivity index (χ3n) is 4.68. The van der Waals surface area contributed by atoms with Gasteiger partial charge in [0.25, 0.3) is 0 Å². The summed E-state index contributed by atoms with van der Waals surface area (Å²) in [4.78, 5) is 25.8. The highest BCUT2D eigenvalue weighted by atomic mass is 19.1. The Balaban J connectivity index is 1.68. The molecule has 0 radical (unpaired) electrons. The van der Waals surface area contributed by atoms with Gasteiger partial charge in [0, 0.05) is 19.0 Å². The largest absolute Gasteiger partial charge is 0.339 e. The molecule has 2 aromatic rings. The second-order valence-corrected chi connectivity index (χ2v) is 6.35. The highest BCUT2D eigenvalue weighted by molar-refractivity contribution is 5.94. The lowest BCUT2D eigenvalue weighted by Gasteiger charge is -2.30. The maximum absolute atomic E-state index is 14.1. The number of carbonyl (C=O) groups excluding carboxylic acids is 2. The molecule has 26 heavy (non-hydrogen) atoms. The molecule has 0 aromatic heterocycles. The van der Waals surface area contributed by atoms with Crippen molar-refractivity contribution in [1.82, 2.24) is 4.90 Å². The van der Waals surface area contributed by atoms with Crippen LogP contribution in [-0.2, 0) is 9.59 Å². The molecule has 2 aromatic carbocycles. The number of likely N-dealkylation sites (tertiary alicyclic amines) is 1. The van der Waals surface area contributed by atoms with Gasteiger partial charge in [-0.05, 0) is 42.2 Å². The third-order valence-corrected chi connectivity index (χ3v) is 4.68. The van der Waals surface area contributed by atoms with Crippen LogP contribution < -0.4 is 5.32 Å². The lowest BCUT2D eigenvalue weighted by Crippen LogP contribution is -2.40. The Kier molecular flexibility index (Phi) is 5.46. The van der Waals surface area contributed by atoms with Gasteiger partial charge in [-0.2, -0.15) is 0 Å². The van der Waals surface area contributed by atoms with Crippen LogP contribution in [0.25, 0.3) is 11.1 Å². The van der Waals surface area contributed by atoms with Crippen LogP contribution in [0.3, 0.4) is 0 Å². The topological polar surface area (TPSA) is 49.4 Å². The lowest BCUT2D eigenvalue weighted by molar-refractivity contribution is -0.130. The first-order chi connectivity index (χ1) is 12.6. The molecular formula is C21H21FN2O2. The van der Waals surface area contributed by atoms with E-state index in [1.54, 1.807) is 17.0 Å². The van der Waals surface area contributed by atoms with Gasteiger partial charge >= 0.3 is 0 Å². The maximum Gasteiger partial charge on any atom is 0.245 e. The van der Waals surface area contributed by atoms with E-state index in [9.17, 15) is 14.0 Å². The van der Waals surface area contributed by atoms with E-state index in [0.717, 1.165) is 11.1 Å². The van der Waals surface area contributed by atoms with Crippen LogP contribution in [-0.4, -0.2) is 29.8 Å². The normalized spacial score (nSPS) is 14.7. The highest BCUT2D eigenvalue weighted by Gasteiger charge is 2.27. The molecule has 0 aliphatic carbocycles. The summed E-state index contributed by atoms with van der Waals surface area (Å²) in [5.74, 6) is -1.02. The quantitative estimate of drug-likeness (QED) is 0.850. The molecule has 1 heterocycles. The van der Waals surface area contributed by atoms with E-state index in [1.807, 2.05) is 30.3 Å². The molecule has 0 unspecified atom stereocenters. The van der Waals surface area contributed by atoms with Crippen molar-refractivity contribution in [2.75, 3.05) is 18.4 Å². The van der Waals surface area contributed by atoms with Crippen molar-refractivity contribution in [3.63, 3.8) is 0 Å². The molecule has 0 spiro atoms. The van der Waals surface area contributed by atoms with Crippen molar-refractivity contribution < 1.29 is 14.0 Å². The monoisotopic (exact) mass is 352 g/mol. The third kappa shape index (κ3) is 3.99. The summed E-state index contributed by atoms with van der Waals surface area (Å²) >= 11 is 0. The maximum atomic E-state index is 14.1. The number of amides is 2. The summed E-state index contributed by atoms with van der Waals surface area (Å²) in [7, 11) is 0. The Hall–Kier alpha value is -2.95.